The summed E-state index contributed by atoms with van der Waals surface area (Å²) >= 11 is 0. The Bertz CT molecular complexity index is 1120. The number of rotatable bonds is 8. The van der Waals surface area contributed by atoms with E-state index < -0.39 is 33.3 Å². The quantitative estimate of drug-likeness (QED) is 0.202. The van der Waals surface area contributed by atoms with Gasteiger partial charge in [-0.2, -0.15) is 4.31 Å². The van der Waals surface area contributed by atoms with Crippen LogP contribution in [0.15, 0.2) is 59.5 Å². The molecule has 1 aliphatic rings. The SMILES string of the molecule is O=C(/C=C/c1cccc([N+](=O)[O-])c1)OCC(=O)c1ccc(S(=O)(=O)N2CCCC2)cc1. The Morgan fingerprint density at radius 2 is 1.77 bits per heavy atom. The molecule has 0 bridgehead atoms. The van der Waals surface area contributed by atoms with Gasteiger partial charge in [0, 0.05) is 36.9 Å². The molecular formula is C21H20N2O7S. The number of nitro benzene ring substituents is 1. The molecule has 0 N–H and O–H groups in total. The predicted molar refractivity (Wildman–Crippen MR) is 112 cm³/mol. The average Bonchev–Trinajstić information content (AvgIpc) is 3.32. The van der Waals surface area contributed by atoms with E-state index in [1.54, 1.807) is 6.07 Å². The van der Waals surface area contributed by atoms with E-state index in [4.69, 9.17) is 4.74 Å². The molecule has 0 spiro atoms. The number of hydrogen-bond acceptors (Lipinski definition) is 7. The molecule has 31 heavy (non-hydrogen) atoms. The first kappa shape index (κ1) is 22.3. The van der Waals surface area contributed by atoms with Crippen LogP contribution in [0.3, 0.4) is 0 Å². The van der Waals surface area contributed by atoms with Gasteiger partial charge in [0.25, 0.3) is 5.69 Å². The summed E-state index contributed by atoms with van der Waals surface area (Å²) in [7, 11) is -3.56. The second-order valence-corrected chi connectivity index (χ2v) is 8.79. The second-order valence-electron chi connectivity index (χ2n) is 6.85. The third-order valence-corrected chi connectivity index (χ3v) is 6.63. The van der Waals surface area contributed by atoms with Gasteiger partial charge in [0.15, 0.2) is 12.4 Å². The van der Waals surface area contributed by atoms with Crippen molar-refractivity contribution >= 4 is 33.5 Å². The zero-order valence-electron chi connectivity index (χ0n) is 16.5. The van der Waals surface area contributed by atoms with Crippen LogP contribution in [0.1, 0.15) is 28.8 Å². The van der Waals surface area contributed by atoms with Gasteiger partial charge in [0.2, 0.25) is 10.0 Å². The van der Waals surface area contributed by atoms with Crippen molar-refractivity contribution in [3.63, 3.8) is 0 Å². The minimum Gasteiger partial charge on any atom is -0.454 e. The van der Waals surface area contributed by atoms with Crippen LogP contribution in [0.2, 0.25) is 0 Å². The number of nitrogens with zero attached hydrogens (tertiary/aromatic N) is 2. The zero-order valence-corrected chi connectivity index (χ0v) is 17.3. The Hall–Kier alpha value is -3.37. The summed E-state index contributed by atoms with van der Waals surface area (Å²) in [5.74, 6) is -1.27. The van der Waals surface area contributed by atoms with Crippen molar-refractivity contribution in [2.24, 2.45) is 0 Å². The molecule has 1 fully saturated rings. The van der Waals surface area contributed by atoms with Crippen molar-refractivity contribution in [3.8, 4) is 0 Å². The molecule has 162 valence electrons. The minimum atomic E-state index is -3.56. The highest BCUT2D eigenvalue weighted by Gasteiger charge is 2.27. The third-order valence-electron chi connectivity index (χ3n) is 4.72. The Morgan fingerprint density at radius 3 is 2.42 bits per heavy atom. The average molecular weight is 444 g/mol. The molecule has 1 saturated heterocycles. The molecule has 10 heteroatoms. The van der Waals surface area contributed by atoms with Crippen molar-refractivity contribution in [1.82, 2.24) is 4.31 Å². The summed E-state index contributed by atoms with van der Waals surface area (Å²) in [6.07, 6.45) is 4.07. The van der Waals surface area contributed by atoms with Crippen LogP contribution < -0.4 is 0 Å². The molecule has 0 aromatic heterocycles. The van der Waals surface area contributed by atoms with Crippen LogP contribution in [-0.4, -0.2) is 49.1 Å². The molecule has 0 aliphatic carbocycles. The molecule has 1 heterocycles. The van der Waals surface area contributed by atoms with Crippen LogP contribution in [0.4, 0.5) is 5.69 Å². The smallest absolute Gasteiger partial charge is 0.331 e. The van der Waals surface area contributed by atoms with Crippen molar-refractivity contribution in [3.05, 3.63) is 75.8 Å². The van der Waals surface area contributed by atoms with Crippen LogP contribution >= 0.6 is 0 Å². The predicted octanol–water partition coefficient (Wildman–Crippen LogP) is 2.82. The van der Waals surface area contributed by atoms with Crippen LogP contribution in [-0.2, 0) is 19.6 Å². The molecular weight excluding hydrogens is 424 g/mol. The molecule has 0 unspecified atom stereocenters. The summed E-state index contributed by atoms with van der Waals surface area (Å²) < 4.78 is 31.3. The van der Waals surface area contributed by atoms with E-state index >= 15 is 0 Å². The molecule has 9 nitrogen and oxygen atoms in total. The fourth-order valence-electron chi connectivity index (χ4n) is 3.06. The normalized spacial score (nSPS) is 14.6. The molecule has 0 amide bonds. The molecule has 0 radical (unpaired) electrons. The number of nitro groups is 1. The standard InChI is InChI=1S/C21H20N2O7S/c24-20(15-30-21(25)11-6-16-4-3-5-18(14-16)23(26)27)17-7-9-19(10-8-17)31(28,29)22-12-1-2-13-22/h3-11,14H,1-2,12-13,15H2/b11-6+. The zero-order chi connectivity index (χ0) is 22.4. The molecule has 0 atom stereocenters. The van der Waals surface area contributed by atoms with E-state index in [-0.39, 0.29) is 16.1 Å². The van der Waals surface area contributed by atoms with Crippen LogP contribution in [0.5, 0.6) is 0 Å². The van der Waals surface area contributed by atoms with Gasteiger partial charge in [-0.25, -0.2) is 13.2 Å². The molecule has 0 saturated carbocycles. The highest BCUT2D eigenvalue weighted by molar-refractivity contribution is 7.89. The summed E-state index contributed by atoms with van der Waals surface area (Å²) in [4.78, 5) is 34.4. The van der Waals surface area contributed by atoms with Gasteiger partial charge >= 0.3 is 5.97 Å². The summed E-state index contributed by atoms with van der Waals surface area (Å²) in [5.41, 5.74) is 0.545. The highest BCUT2D eigenvalue weighted by atomic mass is 32.2. The minimum absolute atomic E-state index is 0.110. The first-order chi connectivity index (χ1) is 14.8. The molecule has 3 rings (SSSR count). The molecule has 1 aliphatic heterocycles. The largest absolute Gasteiger partial charge is 0.454 e. The Labute approximate surface area is 179 Å². The molecule has 2 aromatic rings. The van der Waals surface area contributed by atoms with E-state index in [2.05, 4.69) is 0 Å². The Kier molecular flexibility index (Phi) is 6.93. The number of carbonyl (C=O) groups is 2. The van der Waals surface area contributed by atoms with Crippen molar-refractivity contribution in [2.45, 2.75) is 17.7 Å². The first-order valence-electron chi connectivity index (χ1n) is 9.50. The van der Waals surface area contributed by atoms with E-state index in [1.807, 2.05) is 0 Å². The number of non-ortho nitro benzene ring substituents is 1. The highest BCUT2D eigenvalue weighted by Crippen LogP contribution is 2.21. The monoisotopic (exact) mass is 444 g/mol. The lowest BCUT2D eigenvalue weighted by molar-refractivity contribution is -0.384. The topological polar surface area (TPSA) is 124 Å². The van der Waals surface area contributed by atoms with Gasteiger partial charge in [0.05, 0.1) is 9.82 Å². The first-order valence-corrected chi connectivity index (χ1v) is 10.9. The number of hydrogen-bond donors (Lipinski definition) is 0. The fraction of sp³-hybridized carbons (Fsp3) is 0.238. The maximum absolute atomic E-state index is 12.5. The van der Waals surface area contributed by atoms with Gasteiger partial charge in [0.1, 0.15) is 0 Å². The molecule has 2 aromatic carbocycles. The number of ether oxygens (including phenoxy) is 1. The van der Waals surface area contributed by atoms with E-state index in [1.165, 1.54) is 52.8 Å². The van der Waals surface area contributed by atoms with Crippen LogP contribution in [0.25, 0.3) is 6.08 Å². The van der Waals surface area contributed by atoms with Crippen molar-refractivity contribution in [2.75, 3.05) is 19.7 Å². The Morgan fingerprint density at radius 1 is 1.10 bits per heavy atom. The second kappa shape index (κ2) is 9.63. The lowest BCUT2D eigenvalue weighted by Crippen LogP contribution is -2.27. The third kappa shape index (κ3) is 5.62. The lowest BCUT2D eigenvalue weighted by Gasteiger charge is -2.15. The summed E-state index contributed by atoms with van der Waals surface area (Å²) in [6, 6.07) is 11.2. The van der Waals surface area contributed by atoms with Gasteiger partial charge in [-0.15, -0.1) is 0 Å². The van der Waals surface area contributed by atoms with Gasteiger partial charge < -0.3 is 4.74 Å². The number of benzene rings is 2. The lowest BCUT2D eigenvalue weighted by atomic mass is 10.1. The van der Waals surface area contributed by atoms with Crippen molar-refractivity contribution < 1.29 is 27.7 Å². The van der Waals surface area contributed by atoms with E-state index in [9.17, 15) is 28.1 Å². The van der Waals surface area contributed by atoms with E-state index in [0.29, 0.717) is 18.7 Å². The van der Waals surface area contributed by atoms with Gasteiger partial charge in [-0.1, -0.05) is 12.1 Å². The van der Waals surface area contributed by atoms with Gasteiger partial charge in [-0.3, -0.25) is 14.9 Å². The number of sulfonamides is 1. The van der Waals surface area contributed by atoms with E-state index in [0.717, 1.165) is 18.9 Å². The number of esters is 1. The van der Waals surface area contributed by atoms with Crippen molar-refractivity contribution in [1.29, 1.82) is 0 Å². The number of carbonyl (C=O) groups excluding carboxylic acids is 2. The fourth-order valence-corrected chi connectivity index (χ4v) is 4.58. The Balaban J connectivity index is 1.56. The summed E-state index contributed by atoms with van der Waals surface area (Å²) in [5, 5.41) is 10.8. The van der Waals surface area contributed by atoms with Gasteiger partial charge in [-0.05, 0) is 48.7 Å². The maximum Gasteiger partial charge on any atom is 0.331 e. The summed E-state index contributed by atoms with van der Waals surface area (Å²) in [6.45, 7) is 0.460. The van der Waals surface area contributed by atoms with Crippen LogP contribution in [0, 0.1) is 10.1 Å². The number of ketones is 1. The maximum atomic E-state index is 12.5. The number of Topliss-reactive ketones (excluding diaryl/α,β-unsaturated/α-hetero) is 1.